The maximum atomic E-state index is 11.6. The van der Waals surface area contributed by atoms with Crippen molar-refractivity contribution in [2.45, 2.75) is 26.4 Å². The van der Waals surface area contributed by atoms with Gasteiger partial charge >= 0.3 is 6.09 Å². The van der Waals surface area contributed by atoms with Gasteiger partial charge in [0.25, 0.3) is 0 Å². The molecular formula is C10H15N3O2. The molecule has 0 aromatic carbocycles. The van der Waals surface area contributed by atoms with Gasteiger partial charge in [0.15, 0.2) is 0 Å². The molecule has 0 aliphatic carbocycles. The second-order valence-electron chi connectivity index (χ2n) is 4.09. The molecule has 0 fully saturated rings. The van der Waals surface area contributed by atoms with Gasteiger partial charge in [-0.3, -0.25) is 0 Å². The number of nitrogens with zero attached hydrogens (tertiary/aromatic N) is 3. The Labute approximate surface area is 89.1 Å². The molecule has 1 amide bonds. The third-order valence-corrected chi connectivity index (χ3v) is 1.52. The van der Waals surface area contributed by atoms with Crippen molar-refractivity contribution in [1.29, 1.82) is 0 Å². The zero-order valence-corrected chi connectivity index (χ0v) is 9.39. The SMILES string of the molecule is CN(C(=O)OC(C)(C)C)c1ncccn1. The van der Waals surface area contributed by atoms with E-state index in [1.54, 1.807) is 25.5 Å². The van der Waals surface area contributed by atoms with Crippen LogP contribution in [0.3, 0.4) is 0 Å². The Balaban J connectivity index is 2.70. The van der Waals surface area contributed by atoms with Gasteiger partial charge in [-0.05, 0) is 26.8 Å². The van der Waals surface area contributed by atoms with Gasteiger partial charge in [-0.15, -0.1) is 0 Å². The molecule has 1 heterocycles. The fourth-order valence-electron chi connectivity index (χ4n) is 0.876. The molecule has 0 saturated carbocycles. The van der Waals surface area contributed by atoms with Crippen molar-refractivity contribution in [3.8, 4) is 0 Å². The van der Waals surface area contributed by atoms with Gasteiger partial charge in [-0.25, -0.2) is 19.7 Å². The van der Waals surface area contributed by atoms with Crippen LogP contribution in [-0.4, -0.2) is 28.7 Å². The molecule has 0 bridgehead atoms. The minimum absolute atomic E-state index is 0.326. The average Bonchev–Trinajstić information content (AvgIpc) is 2.15. The molecule has 82 valence electrons. The van der Waals surface area contributed by atoms with E-state index in [2.05, 4.69) is 9.97 Å². The number of aromatic nitrogens is 2. The average molecular weight is 209 g/mol. The summed E-state index contributed by atoms with van der Waals surface area (Å²) >= 11 is 0. The Kier molecular flexibility index (Phi) is 3.24. The summed E-state index contributed by atoms with van der Waals surface area (Å²) in [6, 6.07) is 1.69. The highest BCUT2D eigenvalue weighted by atomic mass is 16.6. The van der Waals surface area contributed by atoms with E-state index in [-0.39, 0.29) is 0 Å². The van der Waals surface area contributed by atoms with E-state index in [0.717, 1.165) is 0 Å². The monoisotopic (exact) mass is 209 g/mol. The predicted octanol–water partition coefficient (Wildman–Crippen LogP) is 1.85. The van der Waals surface area contributed by atoms with E-state index < -0.39 is 11.7 Å². The lowest BCUT2D eigenvalue weighted by Gasteiger charge is -2.23. The van der Waals surface area contributed by atoms with Crippen molar-refractivity contribution in [2.75, 3.05) is 11.9 Å². The number of carbonyl (C=O) groups is 1. The van der Waals surface area contributed by atoms with Gasteiger partial charge in [0, 0.05) is 19.4 Å². The summed E-state index contributed by atoms with van der Waals surface area (Å²) in [4.78, 5) is 20.7. The van der Waals surface area contributed by atoms with Crippen LogP contribution in [0, 0.1) is 0 Å². The van der Waals surface area contributed by atoms with Gasteiger partial charge in [0.1, 0.15) is 5.60 Å². The molecule has 0 aliphatic rings. The molecule has 0 unspecified atom stereocenters. The molecule has 15 heavy (non-hydrogen) atoms. The van der Waals surface area contributed by atoms with Crippen LogP contribution in [0.1, 0.15) is 20.8 Å². The molecule has 0 N–H and O–H groups in total. The van der Waals surface area contributed by atoms with Crippen LogP contribution >= 0.6 is 0 Å². The van der Waals surface area contributed by atoms with Crippen LogP contribution in [0.4, 0.5) is 10.7 Å². The van der Waals surface area contributed by atoms with Gasteiger partial charge in [-0.2, -0.15) is 0 Å². The molecular weight excluding hydrogens is 194 g/mol. The smallest absolute Gasteiger partial charge is 0.416 e. The van der Waals surface area contributed by atoms with Gasteiger partial charge in [0.05, 0.1) is 0 Å². The van der Waals surface area contributed by atoms with Crippen molar-refractivity contribution >= 4 is 12.0 Å². The molecule has 5 heteroatoms. The van der Waals surface area contributed by atoms with Crippen LogP contribution in [0.25, 0.3) is 0 Å². The number of ether oxygens (including phenoxy) is 1. The summed E-state index contributed by atoms with van der Waals surface area (Å²) in [5.41, 5.74) is -0.514. The minimum Gasteiger partial charge on any atom is -0.443 e. The molecule has 0 saturated heterocycles. The standard InChI is InChI=1S/C10H15N3O2/c1-10(2,3)15-9(14)13(4)8-11-6-5-7-12-8/h5-7H,1-4H3. The van der Waals surface area contributed by atoms with Crippen molar-refractivity contribution < 1.29 is 9.53 Å². The van der Waals surface area contributed by atoms with Crippen molar-refractivity contribution in [1.82, 2.24) is 9.97 Å². The van der Waals surface area contributed by atoms with E-state index >= 15 is 0 Å². The summed E-state index contributed by atoms with van der Waals surface area (Å²) in [5, 5.41) is 0. The lowest BCUT2D eigenvalue weighted by molar-refractivity contribution is 0.0587. The van der Waals surface area contributed by atoms with E-state index in [1.807, 2.05) is 20.8 Å². The quantitative estimate of drug-likeness (QED) is 0.708. The topological polar surface area (TPSA) is 55.3 Å². The normalized spacial score (nSPS) is 10.9. The highest BCUT2D eigenvalue weighted by molar-refractivity contribution is 5.84. The van der Waals surface area contributed by atoms with Gasteiger partial charge < -0.3 is 4.74 Å². The zero-order valence-electron chi connectivity index (χ0n) is 9.39. The summed E-state index contributed by atoms with van der Waals surface area (Å²) in [6.45, 7) is 5.43. The van der Waals surface area contributed by atoms with Crippen LogP contribution < -0.4 is 4.90 Å². The van der Waals surface area contributed by atoms with Crippen LogP contribution in [0.2, 0.25) is 0 Å². The highest BCUT2D eigenvalue weighted by Crippen LogP contribution is 2.11. The summed E-state index contributed by atoms with van der Waals surface area (Å²) < 4.78 is 5.16. The van der Waals surface area contributed by atoms with Gasteiger partial charge in [0.2, 0.25) is 5.95 Å². The number of hydrogen-bond donors (Lipinski definition) is 0. The van der Waals surface area contributed by atoms with Crippen molar-refractivity contribution in [2.24, 2.45) is 0 Å². The Morgan fingerprint density at radius 2 is 1.87 bits per heavy atom. The Morgan fingerprint density at radius 1 is 1.33 bits per heavy atom. The fraction of sp³-hybridized carbons (Fsp3) is 0.500. The number of rotatable bonds is 1. The van der Waals surface area contributed by atoms with E-state index in [9.17, 15) is 4.79 Å². The van der Waals surface area contributed by atoms with Crippen molar-refractivity contribution in [3.05, 3.63) is 18.5 Å². The maximum Gasteiger partial charge on any atom is 0.416 e. The molecule has 0 aliphatic heterocycles. The largest absolute Gasteiger partial charge is 0.443 e. The maximum absolute atomic E-state index is 11.6. The first kappa shape index (κ1) is 11.4. The van der Waals surface area contributed by atoms with Crippen molar-refractivity contribution in [3.63, 3.8) is 0 Å². The first-order chi connectivity index (χ1) is 6.90. The lowest BCUT2D eigenvalue weighted by Crippen LogP contribution is -2.35. The number of hydrogen-bond acceptors (Lipinski definition) is 4. The van der Waals surface area contributed by atoms with Crippen LogP contribution in [0.5, 0.6) is 0 Å². The van der Waals surface area contributed by atoms with E-state index in [0.29, 0.717) is 5.95 Å². The zero-order chi connectivity index (χ0) is 11.5. The molecule has 0 atom stereocenters. The molecule has 1 aromatic rings. The summed E-state index contributed by atoms with van der Waals surface area (Å²) in [6.07, 6.45) is 2.68. The number of amides is 1. The van der Waals surface area contributed by atoms with Crippen LogP contribution in [-0.2, 0) is 4.74 Å². The first-order valence-corrected chi connectivity index (χ1v) is 4.64. The van der Waals surface area contributed by atoms with Crippen LogP contribution in [0.15, 0.2) is 18.5 Å². The second-order valence-corrected chi connectivity index (χ2v) is 4.09. The Bertz CT molecular complexity index is 332. The predicted molar refractivity (Wildman–Crippen MR) is 56.7 cm³/mol. The first-order valence-electron chi connectivity index (χ1n) is 4.64. The summed E-state index contributed by atoms with van der Waals surface area (Å²) in [7, 11) is 1.57. The minimum atomic E-state index is -0.514. The molecule has 5 nitrogen and oxygen atoms in total. The lowest BCUT2D eigenvalue weighted by atomic mass is 10.2. The van der Waals surface area contributed by atoms with E-state index in [1.165, 1.54) is 4.90 Å². The van der Waals surface area contributed by atoms with Gasteiger partial charge in [-0.1, -0.05) is 0 Å². The molecule has 0 spiro atoms. The third-order valence-electron chi connectivity index (χ3n) is 1.52. The second kappa shape index (κ2) is 4.25. The Hall–Kier alpha value is -1.65. The molecule has 1 rings (SSSR count). The number of carbonyl (C=O) groups excluding carboxylic acids is 1. The molecule has 0 radical (unpaired) electrons. The fourth-order valence-corrected chi connectivity index (χ4v) is 0.876. The highest BCUT2D eigenvalue weighted by Gasteiger charge is 2.21. The third kappa shape index (κ3) is 3.53. The summed E-state index contributed by atoms with van der Waals surface area (Å²) in [5.74, 6) is 0.326. The number of anilines is 1. The molecule has 1 aromatic heterocycles. The van der Waals surface area contributed by atoms with E-state index in [4.69, 9.17) is 4.74 Å². The Morgan fingerprint density at radius 3 is 2.33 bits per heavy atom.